The average Bonchev–Trinajstić information content (AvgIpc) is 2.14. The third kappa shape index (κ3) is 4.07. The van der Waals surface area contributed by atoms with Crippen molar-refractivity contribution in [1.29, 1.82) is 0 Å². The lowest BCUT2D eigenvalue weighted by Gasteiger charge is -2.27. The number of hydrogen-bond acceptors (Lipinski definition) is 3. The van der Waals surface area contributed by atoms with E-state index in [9.17, 15) is 4.79 Å². The van der Waals surface area contributed by atoms with Crippen LogP contribution in [0.5, 0.6) is 0 Å². The van der Waals surface area contributed by atoms with E-state index in [1.807, 2.05) is 27.7 Å². The zero-order chi connectivity index (χ0) is 11.4. The number of ether oxygens (including phenoxy) is 1. The summed E-state index contributed by atoms with van der Waals surface area (Å²) >= 11 is 0. The molecule has 0 radical (unpaired) electrons. The van der Waals surface area contributed by atoms with Crippen molar-refractivity contribution >= 4 is 5.91 Å². The van der Waals surface area contributed by atoms with Gasteiger partial charge in [0.1, 0.15) is 0 Å². The van der Waals surface area contributed by atoms with E-state index in [2.05, 4.69) is 5.32 Å². The Kier molecular flexibility index (Phi) is 4.55. The minimum atomic E-state index is -0.510. The van der Waals surface area contributed by atoms with Crippen LogP contribution in [0.4, 0.5) is 0 Å². The quantitative estimate of drug-likeness (QED) is 0.683. The van der Waals surface area contributed by atoms with Gasteiger partial charge in [-0.1, -0.05) is 0 Å². The van der Waals surface area contributed by atoms with Gasteiger partial charge >= 0.3 is 0 Å². The maximum absolute atomic E-state index is 11.6. The molecule has 0 fully saturated rings. The summed E-state index contributed by atoms with van der Waals surface area (Å²) in [6.45, 7) is 8.31. The highest BCUT2D eigenvalue weighted by Gasteiger charge is 2.27. The van der Waals surface area contributed by atoms with Crippen LogP contribution >= 0.6 is 0 Å². The largest absolute Gasteiger partial charge is 0.377 e. The SMILES string of the molecule is COC(C)(C)CNC(=O)C(C)(C)CN. The zero-order valence-corrected chi connectivity index (χ0v) is 9.81. The number of carbonyl (C=O) groups excluding carboxylic acids is 1. The number of nitrogens with one attached hydrogen (secondary N) is 1. The number of methoxy groups -OCH3 is 1. The molecule has 0 aromatic carbocycles. The van der Waals surface area contributed by atoms with Gasteiger partial charge in [-0.15, -0.1) is 0 Å². The van der Waals surface area contributed by atoms with Crippen LogP contribution in [-0.2, 0) is 9.53 Å². The summed E-state index contributed by atoms with van der Waals surface area (Å²) in [6, 6.07) is 0. The molecule has 0 bridgehead atoms. The van der Waals surface area contributed by atoms with Crippen molar-refractivity contribution in [2.45, 2.75) is 33.3 Å². The molecular formula is C10H22N2O2. The van der Waals surface area contributed by atoms with E-state index in [0.717, 1.165) is 0 Å². The molecule has 0 saturated heterocycles. The van der Waals surface area contributed by atoms with Gasteiger partial charge in [0.2, 0.25) is 5.91 Å². The second kappa shape index (κ2) is 4.75. The first-order valence-corrected chi connectivity index (χ1v) is 4.79. The van der Waals surface area contributed by atoms with Crippen LogP contribution in [-0.4, -0.2) is 31.7 Å². The van der Waals surface area contributed by atoms with Crippen LogP contribution in [0, 0.1) is 5.41 Å². The summed E-state index contributed by atoms with van der Waals surface area (Å²) in [5.74, 6) is -0.0369. The van der Waals surface area contributed by atoms with E-state index in [0.29, 0.717) is 13.1 Å². The standard InChI is InChI=1S/C10H22N2O2/c1-9(2,6-11)8(13)12-7-10(3,4)14-5/h6-7,11H2,1-5H3,(H,12,13). The minimum absolute atomic E-state index is 0.0369. The van der Waals surface area contributed by atoms with E-state index >= 15 is 0 Å². The molecule has 0 aromatic heterocycles. The van der Waals surface area contributed by atoms with Gasteiger partial charge in [0, 0.05) is 20.2 Å². The number of rotatable bonds is 5. The molecule has 0 heterocycles. The molecule has 4 heteroatoms. The highest BCUT2D eigenvalue weighted by molar-refractivity contribution is 5.82. The molecule has 0 aliphatic rings. The molecule has 0 saturated carbocycles. The predicted molar refractivity (Wildman–Crippen MR) is 56.9 cm³/mol. The van der Waals surface area contributed by atoms with Gasteiger partial charge in [0.15, 0.2) is 0 Å². The van der Waals surface area contributed by atoms with Gasteiger partial charge in [-0.2, -0.15) is 0 Å². The van der Waals surface area contributed by atoms with E-state index in [-0.39, 0.29) is 11.5 Å². The first-order valence-electron chi connectivity index (χ1n) is 4.79. The van der Waals surface area contributed by atoms with Crippen LogP contribution in [0.15, 0.2) is 0 Å². The van der Waals surface area contributed by atoms with Crippen molar-refractivity contribution in [1.82, 2.24) is 5.32 Å². The summed E-state index contributed by atoms with van der Waals surface area (Å²) in [6.07, 6.45) is 0. The average molecular weight is 202 g/mol. The third-order valence-corrected chi connectivity index (χ3v) is 2.35. The van der Waals surface area contributed by atoms with Crippen molar-refractivity contribution in [2.24, 2.45) is 11.1 Å². The van der Waals surface area contributed by atoms with Crippen molar-refractivity contribution in [2.75, 3.05) is 20.2 Å². The second-order valence-electron chi connectivity index (χ2n) is 4.73. The molecule has 1 amide bonds. The first-order chi connectivity index (χ1) is 6.25. The van der Waals surface area contributed by atoms with Gasteiger partial charge in [-0.25, -0.2) is 0 Å². The predicted octanol–water partition coefficient (Wildman–Crippen LogP) is 0.513. The van der Waals surface area contributed by atoms with Crippen molar-refractivity contribution in [3.8, 4) is 0 Å². The summed E-state index contributed by atoms with van der Waals surface area (Å²) < 4.78 is 5.19. The third-order valence-electron chi connectivity index (χ3n) is 2.35. The Morgan fingerprint density at radius 2 is 1.86 bits per heavy atom. The molecule has 0 aromatic rings. The Labute approximate surface area is 86.2 Å². The zero-order valence-electron chi connectivity index (χ0n) is 9.81. The fourth-order valence-electron chi connectivity index (χ4n) is 0.697. The molecule has 0 rings (SSSR count). The van der Waals surface area contributed by atoms with Crippen LogP contribution < -0.4 is 11.1 Å². The van der Waals surface area contributed by atoms with Crippen LogP contribution in [0.1, 0.15) is 27.7 Å². The first kappa shape index (κ1) is 13.4. The second-order valence-corrected chi connectivity index (χ2v) is 4.73. The van der Waals surface area contributed by atoms with E-state index in [1.54, 1.807) is 7.11 Å². The van der Waals surface area contributed by atoms with E-state index < -0.39 is 5.41 Å². The molecule has 14 heavy (non-hydrogen) atoms. The lowest BCUT2D eigenvalue weighted by Crippen LogP contribution is -2.47. The lowest BCUT2D eigenvalue weighted by atomic mass is 9.92. The summed E-state index contributed by atoms with van der Waals surface area (Å²) in [5.41, 5.74) is 4.64. The Morgan fingerprint density at radius 3 is 2.21 bits per heavy atom. The summed E-state index contributed by atoms with van der Waals surface area (Å²) in [7, 11) is 1.63. The van der Waals surface area contributed by atoms with Crippen LogP contribution in [0.2, 0.25) is 0 Å². The van der Waals surface area contributed by atoms with E-state index in [4.69, 9.17) is 10.5 Å². The van der Waals surface area contributed by atoms with Crippen molar-refractivity contribution < 1.29 is 9.53 Å². The molecule has 0 atom stereocenters. The number of amides is 1. The maximum atomic E-state index is 11.6. The molecule has 0 aliphatic heterocycles. The normalized spacial score (nSPS) is 12.7. The van der Waals surface area contributed by atoms with Gasteiger partial charge in [0.05, 0.1) is 11.0 Å². The molecule has 4 nitrogen and oxygen atoms in total. The summed E-state index contributed by atoms with van der Waals surface area (Å²) in [5, 5.41) is 2.82. The molecule has 0 aliphatic carbocycles. The molecule has 84 valence electrons. The maximum Gasteiger partial charge on any atom is 0.227 e. The Balaban J connectivity index is 4.10. The topological polar surface area (TPSA) is 64.3 Å². The highest BCUT2D eigenvalue weighted by atomic mass is 16.5. The van der Waals surface area contributed by atoms with Gasteiger partial charge in [-0.3, -0.25) is 4.79 Å². The minimum Gasteiger partial charge on any atom is -0.377 e. The number of carbonyl (C=O) groups is 1. The fourth-order valence-corrected chi connectivity index (χ4v) is 0.697. The number of nitrogens with two attached hydrogens (primary N) is 1. The molecule has 0 spiro atoms. The van der Waals surface area contributed by atoms with Crippen LogP contribution in [0.3, 0.4) is 0 Å². The molecule has 0 unspecified atom stereocenters. The Bertz CT molecular complexity index is 200. The van der Waals surface area contributed by atoms with E-state index in [1.165, 1.54) is 0 Å². The number of hydrogen-bond donors (Lipinski definition) is 2. The highest BCUT2D eigenvalue weighted by Crippen LogP contribution is 2.13. The summed E-state index contributed by atoms with van der Waals surface area (Å²) in [4.78, 5) is 11.6. The van der Waals surface area contributed by atoms with Gasteiger partial charge in [0.25, 0.3) is 0 Å². The monoisotopic (exact) mass is 202 g/mol. The lowest BCUT2D eigenvalue weighted by molar-refractivity contribution is -0.130. The van der Waals surface area contributed by atoms with Crippen molar-refractivity contribution in [3.05, 3.63) is 0 Å². The van der Waals surface area contributed by atoms with Crippen molar-refractivity contribution in [3.63, 3.8) is 0 Å². The van der Waals surface area contributed by atoms with Gasteiger partial charge in [-0.05, 0) is 27.7 Å². The Hall–Kier alpha value is -0.610. The Morgan fingerprint density at radius 1 is 1.36 bits per heavy atom. The molecule has 3 N–H and O–H groups in total. The van der Waals surface area contributed by atoms with Crippen LogP contribution in [0.25, 0.3) is 0 Å². The van der Waals surface area contributed by atoms with Gasteiger partial charge < -0.3 is 15.8 Å². The smallest absolute Gasteiger partial charge is 0.227 e. The molecular weight excluding hydrogens is 180 g/mol. The fraction of sp³-hybridized carbons (Fsp3) is 0.900.